The third-order valence-electron chi connectivity index (χ3n) is 3.46. The van der Waals surface area contributed by atoms with Crippen molar-refractivity contribution in [1.29, 1.82) is 0 Å². The Morgan fingerprint density at radius 1 is 1.33 bits per heavy atom. The maximum absolute atomic E-state index is 13.2. The highest BCUT2D eigenvalue weighted by Crippen LogP contribution is 2.23. The fourth-order valence-corrected chi connectivity index (χ4v) is 3.04. The van der Waals surface area contributed by atoms with E-state index >= 15 is 0 Å². The molecule has 4 heteroatoms. The molecule has 2 atom stereocenters. The molecule has 1 aromatic carbocycles. The molecule has 1 fully saturated rings. The predicted octanol–water partition coefficient (Wildman–Crippen LogP) is 3.64. The summed E-state index contributed by atoms with van der Waals surface area (Å²) in [4.78, 5) is 0. The van der Waals surface area contributed by atoms with E-state index in [4.69, 9.17) is 4.74 Å². The molecule has 2 unspecified atom stereocenters. The fraction of sp³-hybridized carbons (Fsp3) is 0.571. The summed E-state index contributed by atoms with van der Waals surface area (Å²) in [7, 11) is 1.98. The third-order valence-corrected chi connectivity index (χ3v) is 3.92. The summed E-state index contributed by atoms with van der Waals surface area (Å²) in [5.74, 6) is -0.225. The van der Waals surface area contributed by atoms with Crippen LogP contribution in [0.1, 0.15) is 31.2 Å². The minimum atomic E-state index is -0.225. The number of ether oxygens (including phenoxy) is 1. The Labute approximate surface area is 116 Å². The molecular weight excluding hydrogens is 297 g/mol. The topological polar surface area (TPSA) is 21.3 Å². The average Bonchev–Trinajstić information content (AvgIpc) is 2.35. The molecule has 100 valence electrons. The number of likely N-dealkylation sites (N-methyl/N-ethyl adjacent to an activating group) is 1. The van der Waals surface area contributed by atoms with E-state index in [1.807, 2.05) is 13.1 Å². The van der Waals surface area contributed by atoms with Gasteiger partial charge in [0.2, 0.25) is 0 Å². The third kappa shape index (κ3) is 3.77. The molecule has 0 aliphatic heterocycles. The van der Waals surface area contributed by atoms with Crippen LogP contribution in [0.5, 0.6) is 0 Å². The maximum atomic E-state index is 13.2. The lowest BCUT2D eigenvalue weighted by Gasteiger charge is -2.31. The Morgan fingerprint density at radius 2 is 2.11 bits per heavy atom. The minimum Gasteiger partial charge on any atom is -0.372 e. The van der Waals surface area contributed by atoms with Crippen LogP contribution in [-0.4, -0.2) is 19.2 Å². The first-order chi connectivity index (χ1) is 8.69. The molecule has 1 aromatic rings. The smallest absolute Gasteiger partial charge is 0.124 e. The summed E-state index contributed by atoms with van der Waals surface area (Å²) in [6.45, 7) is 0.471. The second kappa shape index (κ2) is 6.64. The second-order valence-corrected chi connectivity index (χ2v) is 5.72. The average molecular weight is 316 g/mol. The van der Waals surface area contributed by atoms with Crippen LogP contribution in [-0.2, 0) is 11.3 Å². The molecule has 0 amide bonds. The van der Waals surface area contributed by atoms with E-state index in [2.05, 4.69) is 21.2 Å². The normalized spacial score (nSPS) is 24.2. The van der Waals surface area contributed by atoms with Crippen molar-refractivity contribution in [3.63, 3.8) is 0 Å². The van der Waals surface area contributed by atoms with E-state index in [1.54, 1.807) is 0 Å². The number of nitrogens with one attached hydrogen (secondary N) is 1. The van der Waals surface area contributed by atoms with Gasteiger partial charge in [-0.1, -0.05) is 28.8 Å². The van der Waals surface area contributed by atoms with Crippen molar-refractivity contribution in [3.8, 4) is 0 Å². The molecule has 1 aliphatic carbocycles. The number of hydrogen-bond acceptors (Lipinski definition) is 2. The van der Waals surface area contributed by atoms with E-state index in [0.29, 0.717) is 12.6 Å². The van der Waals surface area contributed by atoms with Crippen LogP contribution >= 0.6 is 15.9 Å². The molecule has 0 saturated heterocycles. The first kappa shape index (κ1) is 14.0. The number of benzene rings is 1. The van der Waals surface area contributed by atoms with Crippen LogP contribution in [0.4, 0.5) is 4.39 Å². The zero-order valence-electron chi connectivity index (χ0n) is 10.6. The summed E-state index contributed by atoms with van der Waals surface area (Å²) in [5, 5.41) is 3.30. The summed E-state index contributed by atoms with van der Waals surface area (Å²) in [5.41, 5.74) is 0.877. The molecule has 0 heterocycles. The molecular formula is C14H19BrFNO. The van der Waals surface area contributed by atoms with E-state index in [1.165, 1.54) is 25.0 Å². The standard InChI is InChI=1S/C14H19BrFNO/c1-17-13-4-2-3-5-14(13)18-9-10-6-11(15)8-12(16)7-10/h6-8,13-14,17H,2-5,9H2,1H3. The monoisotopic (exact) mass is 315 g/mol. The van der Waals surface area contributed by atoms with Crippen LogP contribution < -0.4 is 5.32 Å². The Morgan fingerprint density at radius 3 is 2.83 bits per heavy atom. The summed E-state index contributed by atoms with van der Waals surface area (Å²) in [6, 6.07) is 5.32. The molecule has 1 aliphatic rings. The Kier molecular flexibility index (Phi) is 5.15. The SMILES string of the molecule is CNC1CCCCC1OCc1cc(F)cc(Br)c1. The second-order valence-electron chi connectivity index (χ2n) is 4.81. The quantitative estimate of drug-likeness (QED) is 0.916. The molecule has 0 radical (unpaired) electrons. The van der Waals surface area contributed by atoms with Gasteiger partial charge in [0.15, 0.2) is 0 Å². The van der Waals surface area contributed by atoms with Crippen LogP contribution in [0.25, 0.3) is 0 Å². The van der Waals surface area contributed by atoms with E-state index in [-0.39, 0.29) is 11.9 Å². The fourth-order valence-electron chi connectivity index (χ4n) is 2.52. The van der Waals surface area contributed by atoms with Crippen LogP contribution in [0.15, 0.2) is 22.7 Å². The Bertz CT molecular complexity index is 379. The minimum absolute atomic E-state index is 0.225. The lowest BCUT2D eigenvalue weighted by molar-refractivity contribution is -0.00371. The van der Waals surface area contributed by atoms with Gasteiger partial charge in [0.25, 0.3) is 0 Å². The van der Waals surface area contributed by atoms with E-state index in [0.717, 1.165) is 22.9 Å². The summed E-state index contributed by atoms with van der Waals surface area (Å²) < 4.78 is 19.9. The van der Waals surface area contributed by atoms with Crippen molar-refractivity contribution in [1.82, 2.24) is 5.32 Å². The van der Waals surface area contributed by atoms with Gasteiger partial charge in [-0.3, -0.25) is 0 Å². The maximum Gasteiger partial charge on any atom is 0.124 e. The van der Waals surface area contributed by atoms with Crippen molar-refractivity contribution in [2.24, 2.45) is 0 Å². The van der Waals surface area contributed by atoms with Crippen molar-refractivity contribution in [3.05, 3.63) is 34.1 Å². The zero-order chi connectivity index (χ0) is 13.0. The van der Waals surface area contributed by atoms with Crippen molar-refractivity contribution < 1.29 is 9.13 Å². The van der Waals surface area contributed by atoms with Crippen LogP contribution in [0.2, 0.25) is 0 Å². The largest absolute Gasteiger partial charge is 0.372 e. The molecule has 0 aromatic heterocycles. The van der Waals surface area contributed by atoms with Gasteiger partial charge in [0, 0.05) is 10.5 Å². The molecule has 2 rings (SSSR count). The molecule has 0 bridgehead atoms. The van der Waals surface area contributed by atoms with E-state index in [9.17, 15) is 4.39 Å². The highest BCUT2D eigenvalue weighted by Gasteiger charge is 2.24. The van der Waals surface area contributed by atoms with Gasteiger partial charge in [0.05, 0.1) is 12.7 Å². The summed E-state index contributed by atoms with van der Waals surface area (Å²) >= 11 is 3.30. The molecule has 2 nitrogen and oxygen atoms in total. The highest BCUT2D eigenvalue weighted by atomic mass is 79.9. The van der Waals surface area contributed by atoms with Gasteiger partial charge in [-0.15, -0.1) is 0 Å². The van der Waals surface area contributed by atoms with Crippen molar-refractivity contribution in [2.75, 3.05) is 7.05 Å². The van der Waals surface area contributed by atoms with Gasteiger partial charge in [-0.05, 0) is 43.7 Å². The molecule has 1 N–H and O–H groups in total. The van der Waals surface area contributed by atoms with E-state index < -0.39 is 0 Å². The first-order valence-corrected chi connectivity index (χ1v) is 7.22. The number of rotatable bonds is 4. The Hall–Kier alpha value is -0.450. The van der Waals surface area contributed by atoms with Crippen LogP contribution in [0.3, 0.4) is 0 Å². The highest BCUT2D eigenvalue weighted by molar-refractivity contribution is 9.10. The first-order valence-electron chi connectivity index (χ1n) is 6.43. The predicted molar refractivity (Wildman–Crippen MR) is 74.0 cm³/mol. The summed E-state index contributed by atoms with van der Waals surface area (Å²) in [6.07, 6.45) is 4.97. The number of halogens is 2. The van der Waals surface area contributed by atoms with Gasteiger partial charge < -0.3 is 10.1 Å². The van der Waals surface area contributed by atoms with Gasteiger partial charge in [-0.25, -0.2) is 4.39 Å². The zero-order valence-corrected chi connectivity index (χ0v) is 12.2. The molecule has 0 spiro atoms. The van der Waals surface area contributed by atoms with Crippen LogP contribution in [0, 0.1) is 5.82 Å². The van der Waals surface area contributed by atoms with Crippen molar-refractivity contribution >= 4 is 15.9 Å². The Balaban J connectivity index is 1.93. The van der Waals surface area contributed by atoms with Crippen molar-refractivity contribution in [2.45, 2.75) is 44.4 Å². The lowest BCUT2D eigenvalue weighted by atomic mass is 9.92. The lowest BCUT2D eigenvalue weighted by Crippen LogP contribution is -2.41. The molecule has 1 saturated carbocycles. The number of hydrogen-bond donors (Lipinski definition) is 1. The van der Waals surface area contributed by atoms with Gasteiger partial charge in [0.1, 0.15) is 5.82 Å². The molecule has 18 heavy (non-hydrogen) atoms. The van der Waals surface area contributed by atoms with Gasteiger partial charge in [-0.2, -0.15) is 0 Å². The van der Waals surface area contributed by atoms with Gasteiger partial charge >= 0.3 is 0 Å².